The Balaban J connectivity index is 0.000000317. The van der Waals surface area contributed by atoms with Gasteiger partial charge in [-0.3, -0.25) is 0 Å². The summed E-state index contributed by atoms with van der Waals surface area (Å²) < 4.78 is 79.4. The van der Waals surface area contributed by atoms with E-state index in [2.05, 4.69) is 9.47 Å². The number of nitrogens with zero attached hydrogens (tertiary/aromatic N) is 2. The van der Waals surface area contributed by atoms with Gasteiger partial charge in [0, 0.05) is 46.7 Å². The molecule has 1 saturated heterocycles. The van der Waals surface area contributed by atoms with Crippen molar-refractivity contribution in [3.05, 3.63) is 71.8 Å². The predicted octanol–water partition coefficient (Wildman–Crippen LogP) is 6.75. The highest BCUT2D eigenvalue weighted by Crippen LogP contribution is 2.56. The lowest BCUT2D eigenvalue weighted by Crippen LogP contribution is -2.45. The molecule has 0 aliphatic carbocycles. The van der Waals surface area contributed by atoms with Gasteiger partial charge in [0.05, 0.1) is 19.3 Å². The maximum Gasteiger partial charge on any atom is 0.410 e. The maximum atomic E-state index is 13.8. The van der Waals surface area contributed by atoms with Crippen molar-refractivity contribution >= 4 is 17.5 Å². The fraction of sp³-hybridized carbons (Fsp3) is 0.480. The van der Waals surface area contributed by atoms with Crippen LogP contribution >= 0.6 is 11.4 Å². The van der Waals surface area contributed by atoms with Crippen molar-refractivity contribution in [3.8, 4) is 0 Å². The van der Waals surface area contributed by atoms with Crippen LogP contribution in [0.5, 0.6) is 0 Å². The number of carbonyl (C=O) groups excluding carboxylic acids is 1. The Morgan fingerprint density at radius 2 is 1.51 bits per heavy atom. The Kier molecular flexibility index (Phi) is 12.6. The van der Waals surface area contributed by atoms with Gasteiger partial charge < -0.3 is 19.1 Å². The molecule has 0 spiro atoms. The molecule has 6 nitrogen and oxygen atoms in total. The molecular formula is C25H33F5N2O4S. The summed E-state index contributed by atoms with van der Waals surface area (Å²) in [6.07, 6.45) is -1.27. The fourth-order valence-electron chi connectivity index (χ4n) is 3.63. The molecule has 0 radical (unpaired) electrons. The monoisotopic (exact) mass is 552 g/mol. The van der Waals surface area contributed by atoms with E-state index in [0.29, 0.717) is 9.87 Å². The quantitative estimate of drug-likeness (QED) is 0.305. The highest BCUT2D eigenvalue weighted by molar-refractivity contribution is 8.18. The van der Waals surface area contributed by atoms with Gasteiger partial charge in [0.1, 0.15) is 6.61 Å². The molecule has 3 rings (SSSR count). The molecule has 208 valence electrons. The van der Waals surface area contributed by atoms with Crippen molar-refractivity contribution in [2.24, 2.45) is 0 Å². The second-order valence-electron chi connectivity index (χ2n) is 8.27. The third kappa shape index (κ3) is 10.8. The van der Waals surface area contributed by atoms with E-state index in [4.69, 9.17) is 4.74 Å². The standard InChI is InChI=1S/C19H19F2NO2.C6H14F3NO2S/c20-19(21)11-12-22(17(13-19)16-9-5-2-6-10-16)18(23)24-14-15-7-3-1-4-8-15;1-11-5-3-10(4-6-12-2)13(7,8)9/h1-10,17H,11-14H2;3-6H2,1-2H3/t17-;/m0./s1. The van der Waals surface area contributed by atoms with E-state index in [1.54, 1.807) is 24.3 Å². The molecule has 1 aliphatic rings. The minimum absolute atomic E-state index is 0.0137. The number of hydrogen-bond acceptors (Lipinski definition) is 5. The molecule has 1 fully saturated rings. The van der Waals surface area contributed by atoms with Crippen LogP contribution in [0.25, 0.3) is 0 Å². The largest absolute Gasteiger partial charge is 0.445 e. The lowest BCUT2D eigenvalue weighted by molar-refractivity contribution is -0.0753. The van der Waals surface area contributed by atoms with Gasteiger partial charge in [0.15, 0.2) is 0 Å². The van der Waals surface area contributed by atoms with Gasteiger partial charge in [0.2, 0.25) is 0 Å². The topological polar surface area (TPSA) is 51.2 Å². The first-order valence-corrected chi connectivity index (χ1v) is 12.9. The number of likely N-dealkylation sites (tertiary alicyclic amines) is 1. The van der Waals surface area contributed by atoms with E-state index in [1.165, 1.54) is 19.1 Å². The highest BCUT2D eigenvalue weighted by Gasteiger charge is 2.43. The number of rotatable bonds is 10. The molecule has 1 heterocycles. The van der Waals surface area contributed by atoms with E-state index in [9.17, 15) is 25.2 Å². The summed E-state index contributed by atoms with van der Waals surface area (Å²) in [5, 5.41) is 0. The first-order chi connectivity index (χ1) is 17.6. The highest BCUT2D eigenvalue weighted by atomic mass is 32.3. The van der Waals surface area contributed by atoms with E-state index in [-0.39, 0.29) is 52.3 Å². The fourth-order valence-corrected chi connectivity index (χ4v) is 4.20. The van der Waals surface area contributed by atoms with Gasteiger partial charge in [-0.05, 0) is 11.1 Å². The van der Waals surface area contributed by atoms with E-state index >= 15 is 0 Å². The summed E-state index contributed by atoms with van der Waals surface area (Å²) in [4.78, 5) is 13.8. The first-order valence-electron chi connectivity index (χ1n) is 11.6. The van der Waals surface area contributed by atoms with Gasteiger partial charge in [-0.1, -0.05) is 60.7 Å². The Labute approximate surface area is 216 Å². The minimum Gasteiger partial charge on any atom is -0.445 e. The SMILES string of the molecule is COCCN(CCOC)S(F)(F)F.O=C(OCc1ccccc1)N1CCC(F)(F)C[C@H]1c1ccccc1. The van der Waals surface area contributed by atoms with Gasteiger partial charge >= 0.3 is 6.09 Å². The summed E-state index contributed by atoms with van der Waals surface area (Å²) in [6, 6.07) is 17.6. The normalized spacial score (nSPS) is 17.6. The molecular weight excluding hydrogens is 519 g/mol. The van der Waals surface area contributed by atoms with Crippen LogP contribution in [0, 0.1) is 0 Å². The summed E-state index contributed by atoms with van der Waals surface area (Å²) >= 11 is -5.14. The van der Waals surface area contributed by atoms with Gasteiger partial charge in [0.25, 0.3) is 17.3 Å². The average Bonchev–Trinajstić information content (AvgIpc) is 2.87. The summed E-state index contributed by atoms with van der Waals surface area (Å²) in [5.74, 6) is -2.77. The maximum absolute atomic E-state index is 13.8. The van der Waals surface area contributed by atoms with Crippen LogP contribution < -0.4 is 0 Å². The molecule has 1 atom stereocenters. The van der Waals surface area contributed by atoms with Crippen molar-refractivity contribution in [1.82, 2.24) is 9.21 Å². The first kappa shape index (κ1) is 30.8. The number of amides is 1. The van der Waals surface area contributed by atoms with Crippen LogP contribution in [-0.4, -0.2) is 68.3 Å². The zero-order valence-corrected chi connectivity index (χ0v) is 21.6. The molecule has 2 aromatic rings. The third-order valence-electron chi connectivity index (χ3n) is 5.59. The molecule has 0 aromatic heterocycles. The zero-order valence-electron chi connectivity index (χ0n) is 20.8. The molecule has 0 unspecified atom stereocenters. The minimum atomic E-state index is -5.14. The second kappa shape index (κ2) is 15.1. The smallest absolute Gasteiger partial charge is 0.410 e. The molecule has 1 aliphatic heterocycles. The molecule has 0 bridgehead atoms. The number of piperidine rings is 1. The number of alkyl halides is 2. The third-order valence-corrected chi connectivity index (χ3v) is 6.54. The van der Waals surface area contributed by atoms with Crippen molar-refractivity contribution in [1.29, 1.82) is 0 Å². The lowest BCUT2D eigenvalue weighted by Gasteiger charge is -2.38. The van der Waals surface area contributed by atoms with Crippen LogP contribution in [-0.2, 0) is 20.8 Å². The van der Waals surface area contributed by atoms with Gasteiger partial charge in [-0.2, -0.15) is 4.31 Å². The predicted molar refractivity (Wildman–Crippen MR) is 133 cm³/mol. The van der Waals surface area contributed by atoms with Crippen LogP contribution in [0.2, 0.25) is 0 Å². The number of benzene rings is 2. The number of hydrogen-bond donors (Lipinski definition) is 0. The van der Waals surface area contributed by atoms with Crippen molar-refractivity contribution < 1.29 is 39.4 Å². The van der Waals surface area contributed by atoms with Gasteiger partial charge in [-0.25, -0.2) is 13.6 Å². The lowest BCUT2D eigenvalue weighted by atomic mass is 9.93. The number of methoxy groups -OCH3 is 2. The Morgan fingerprint density at radius 3 is 2.03 bits per heavy atom. The van der Waals surface area contributed by atoms with Gasteiger partial charge in [-0.15, -0.1) is 11.7 Å². The van der Waals surface area contributed by atoms with Crippen LogP contribution in [0.1, 0.15) is 30.0 Å². The molecule has 12 heteroatoms. The summed E-state index contributed by atoms with van der Waals surface area (Å²) in [6.45, 7) is 0.0259. The average molecular weight is 553 g/mol. The molecule has 0 N–H and O–H groups in total. The van der Waals surface area contributed by atoms with Crippen LogP contribution in [0.4, 0.5) is 25.2 Å². The second-order valence-corrected chi connectivity index (χ2v) is 9.55. The van der Waals surface area contributed by atoms with Crippen molar-refractivity contribution in [2.45, 2.75) is 31.4 Å². The summed E-state index contributed by atoms with van der Waals surface area (Å²) in [5.41, 5.74) is 1.57. The molecule has 2 aromatic carbocycles. The zero-order chi connectivity index (χ0) is 27.3. The Hall–Kier alpha value is -2.41. The molecule has 0 saturated carbocycles. The number of carbonyl (C=O) groups is 1. The van der Waals surface area contributed by atoms with E-state index < -0.39 is 29.4 Å². The Morgan fingerprint density at radius 1 is 0.973 bits per heavy atom. The van der Waals surface area contributed by atoms with E-state index in [0.717, 1.165) is 5.56 Å². The Bertz CT molecular complexity index is 914. The number of ether oxygens (including phenoxy) is 3. The van der Waals surface area contributed by atoms with Crippen LogP contribution in [0.15, 0.2) is 60.7 Å². The van der Waals surface area contributed by atoms with Crippen LogP contribution in [0.3, 0.4) is 0 Å². The molecule has 37 heavy (non-hydrogen) atoms. The van der Waals surface area contributed by atoms with Crippen molar-refractivity contribution in [2.75, 3.05) is 47.1 Å². The van der Waals surface area contributed by atoms with Crippen molar-refractivity contribution in [3.63, 3.8) is 0 Å². The molecule has 1 amide bonds. The summed E-state index contributed by atoms with van der Waals surface area (Å²) in [7, 11) is 2.75. The number of halogens is 5. The van der Waals surface area contributed by atoms with E-state index in [1.807, 2.05) is 36.4 Å².